The Morgan fingerprint density at radius 1 is 0.941 bits per heavy atom. The summed E-state index contributed by atoms with van der Waals surface area (Å²) in [6.45, 7) is 0.421. The summed E-state index contributed by atoms with van der Waals surface area (Å²) >= 11 is 0. The molecule has 0 bridgehead atoms. The molecular weight excluding hydrogens is 452 g/mol. The molecule has 9 heteroatoms. The van der Waals surface area contributed by atoms with E-state index in [0.29, 0.717) is 24.5 Å². The Kier molecular flexibility index (Phi) is 5.85. The first-order valence-electron chi connectivity index (χ1n) is 10.9. The Balaban J connectivity index is 1.29. The van der Waals surface area contributed by atoms with E-state index in [-0.39, 0.29) is 16.5 Å². The number of para-hydroxylation sites is 1. The number of nitrogens with one attached hydrogen (secondary N) is 1. The first-order chi connectivity index (χ1) is 16.5. The van der Waals surface area contributed by atoms with E-state index in [1.807, 2.05) is 54.6 Å². The summed E-state index contributed by atoms with van der Waals surface area (Å²) in [4.78, 5) is 12.7. The van der Waals surface area contributed by atoms with Crippen LogP contribution in [0, 0.1) is 0 Å². The van der Waals surface area contributed by atoms with Gasteiger partial charge in [0.15, 0.2) is 0 Å². The van der Waals surface area contributed by atoms with Crippen LogP contribution in [0.2, 0.25) is 0 Å². The molecule has 0 saturated heterocycles. The van der Waals surface area contributed by atoms with Crippen LogP contribution in [0.25, 0.3) is 0 Å². The fraction of sp³-hybridized carbons (Fsp3) is 0.160. The van der Waals surface area contributed by atoms with Crippen molar-refractivity contribution >= 4 is 27.6 Å². The normalized spacial score (nSPS) is 13.4. The molecule has 5 rings (SSSR count). The van der Waals surface area contributed by atoms with Crippen LogP contribution in [0.15, 0.2) is 88.2 Å². The molecule has 172 valence electrons. The Labute approximate surface area is 197 Å². The number of sulfonamides is 1. The van der Waals surface area contributed by atoms with Gasteiger partial charge in [-0.3, -0.25) is 14.4 Å². The highest BCUT2D eigenvalue weighted by Crippen LogP contribution is 2.31. The molecular formula is C25H22N4O4S. The van der Waals surface area contributed by atoms with Crippen LogP contribution in [-0.2, 0) is 22.9 Å². The molecule has 4 aromatic rings. The molecule has 34 heavy (non-hydrogen) atoms. The van der Waals surface area contributed by atoms with Crippen molar-refractivity contribution in [2.24, 2.45) is 0 Å². The van der Waals surface area contributed by atoms with Gasteiger partial charge in [0, 0.05) is 12.1 Å². The number of hydrogen-bond acceptors (Lipinski definition) is 6. The van der Waals surface area contributed by atoms with Gasteiger partial charge in [-0.15, -0.1) is 5.10 Å². The molecule has 0 fully saturated rings. The maximum Gasteiger partial charge on any atom is 0.322 e. The first-order valence-corrected chi connectivity index (χ1v) is 12.3. The lowest BCUT2D eigenvalue weighted by Crippen LogP contribution is -2.35. The SMILES string of the molecule is O=C(Nc1nnc(Cc2ccccc2)o1)c1ccc(S(=O)(=O)N2CCCc3ccccc32)cc1. The predicted molar refractivity (Wildman–Crippen MR) is 127 cm³/mol. The zero-order chi connectivity index (χ0) is 23.5. The first kappa shape index (κ1) is 21.8. The molecule has 0 spiro atoms. The van der Waals surface area contributed by atoms with Crippen LogP contribution in [0.3, 0.4) is 0 Å². The Bertz CT molecular complexity index is 1420. The molecule has 0 atom stereocenters. The lowest BCUT2D eigenvalue weighted by molar-refractivity contribution is 0.102. The fourth-order valence-corrected chi connectivity index (χ4v) is 5.51. The van der Waals surface area contributed by atoms with Crippen molar-refractivity contribution in [1.29, 1.82) is 0 Å². The lowest BCUT2D eigenvalue weighted by Gasteiger charge is -2.30. The zero-order valence-corrected chi connectivity index (χ0v) is 19.0. The van der Waals surface area contributed by atoms with Crippen molar-refractivity contribution in [1.82, 2.24) is 10.2 Å². The summed E-state index contributed by atoms with van der Waals surface area (Å²) < 4.78 is 33.5. The molecule has 1 N–H and O–H groups in total. The minimum absolute atomic E-state index is 0.0162. The summed E-state index contributed by atoms with van der Waals surface area (Å²) in [6, 6.07) is 23.0. The number of benzene rings is 3. The molecule has 0 unspecified atom stereocenters. The van der Waals surface area contributed by atoms with Gasteiger partial charge in [-0.1, -0.05) is 53.6 Å². The molecule has 0 radical (unpaired) electrons. The Morgan fingerprint density at radius 3 is 2.47 bits per heavy atom. The number of carbonyl (C=O) groups excluding carboxylic acids is 1. The monoisotopic (exact) mass is 474 g/mol. The van der Waals surface area contributed by atoms with Crippen molar-refractivity contribution in [3.05, 3.63) is 101 Å². The number of anilines is 2. The molecule has 1 aromatic heterocycles. The maximum absolute atomic E-state index is 13.3. The van der Waals surface area contributed by atoms with Crippen LogP contribution in [0.4, 0.5) is 11.7 Å². The molecule has 0 saturated carbocycles. The second kappa shape index (κ2) is 9.11. The largest absolute Gasteiger partial charge is 0.407 e. The van der Waals surface area contributed by atoms with Gasteiger partial charge in [-0.05, 0) is 54.3 Å². The van der Waals surface area contributed by atoms with Crippen molar-refractivity contribution in [3.8, 4) is 0 Å². The number of aromatic nitrogens is 2. The summed E-state index contributed by atoms with van der Waals surface area (Å²) in [5, 5.41) is 10.4. The van der Waals surface area contributed by atoms with E-state index < -0.39 is 15.9 Å². The number of nitrogens with zero attached hydrogens (tertiary/aromatic N) is 3. The molecule has 1 aliphatic heterocycles. The van der Waals surface area contributed by atoms with Gasteiger partial charge in [0.1, 0.15) is 0 Å². The topological polar surface area (TPSA) is 105 Å². The van der Waals surface area contributed by atoms with Crippen LogP contribution >= 0.6 is 0 Å². The van der Waals surface area contributed by atoms with E-state index in [1.54, 1.807) is 0 Å². The number of hydrogen-bond donors (Lipinski definition) is 1. The predicted octanol–water partition coefficient (Wildman–Crippen LogP) is 4.05. The summed E-state index contributed by atoms with van der Waals surface area (Å²) in [5.41, 5.74) is 3.01. The van der Waals surface area contributed by atoms with E-state index in [9.17, 15) is 13.2 Å². The molecule has 0 aliphatic carbocycles. The van der Waals surface area contributed by atoms with Crippen LogP contribution in [0.1, 0.15) is 33.8 Å². The third-order valence-corrected chi connectivity index (χ3v) is 7.49. The van der Waals surface area contributed by atoms with Gasteiger partial charge in [-0.25, -0.2) is 8.42 Å². The van der Waals surface area contributed by atoms with E-state index in [4.69, 9.17) is 4.42 Å². The molecule has 8 nitrogen and oxygen atoms in total. The van der Waals surface area contributed by atoms with Gasteiger partial charge in [-0.2, -0.15) is 0 Å². The number of fused-ring (bicyclic) bond motifs is 1. The minimum atomic E-state index is -3.74. The second-order valence-corrected chi connectivity index (χ2v) is 9.81. The van der Waals surface area contributed by atoms with Gasteiger partial charge >= 0.3 is 6.01 Å². The smallest absolute Gasteiger partial charge is 0.322 e. The third-order valence-electron chi connectivity index (χ3n) is 5.66. The summed E-state index contributed by atoms with van der Waals surface area (Å²) in [5.74, 6) is -0.0908. The number of rotatable bonds is 6. The number of carbonyl (C=O) groups is 1. The van der Waals surface area contributed by atoms with Gasteiger partial charge in [0.05, 0.1) is 17.0 Å². The van der Waals surface area contributed by atoms with Gasteiger partial charge in [0.25, 0.3) is 15.9 Å². The maximum atomic E-state index is 13.3. The van der Waals surface area contributed by atoms with Crippen molar-refractivity contribution < 1.29 is 17.6 Å². The quantitative estimate of drug-likeness (QED) is 0.452. The van der Waals surface area contributed by atoms with E-state index in [1.165, 1.54) is 28.6 Å². The van der Waals surface area contributed by atoms with Gasteiger partial charge < -0.3 is 4.42 Å². The lowest BCUT2D eigenvalue weighted by atomic mass is 10.0. The number of aryl methyl sites for hydroxylation is 1. The molecule has 1 aliphatic rings. The highest BCUT2D eigenvalue weighted by molar-refractivity contribution is 7.92. The highest BCUT2D eigenvalue weighted by Gasteiger charge is 2.29. The Hall–Kier alpha value is -3.98. The average molecular weight is 475 g/mol. The fourth-order valence-electron chi connectivity index (χ4n) is 3.97. The third kappa shape index (κ3) is 4.42. The summed E-state index contributed by atoms with van der Waals surface area (Å²) in [6.07, 6.45) is 2.06. The van der Waals surface area contributed by atoms with Gasteiger partial charge in [0.2, 0.25) is 5.89 Å². The summed E-state index contributed by atoms with van der Waals surface area (Å²) in [7, 11) is -3.74. The highest BCUT2D eigenvalue weighted by atomic mass is 32.2. The molecule has 3 aromatic carbocycles. The minimum Gasteiger partial charge on any atom is -0.407 e. The molecule has 1 amide bonds. The van der Waals surface area contributed by atoms with E-state index in [2.05, 4.69) is 15.5 Å². The van der Waals surface area contributed by atoms with E-state index >= 15 is 0 Å². The van der Waals surface area contributed by atoms with Crippen LogP contribution in [0.5, 0.6) is 0 Å². The Morgan fingerprint density at radius 2 is 1.68 bits per heavy atom. The zero-order valence-electron chi connectivity index (χ0n) is 18.2. The van der Waals surface area contributed by atoms with E-state index in [0.717, 1.165) is 24.0 Å². The molecule has 2 heterocycles. The average Bonchev–Trinajstić information content (AvgIpc) is 3.30. The number of amides is 1. The van der Waals surface area contributed by atoms with Crippen molar-refractivity contribution in [3.63, 3.8) is 0 Å². The van der Waals surface area contributed by atoms with Crippen molar-refractivity contribution in [2.75, 3.05) is 16.2 Å². The second-order valence-electron chi connectivity index (χ2n) is 7.95. The van der Waals surface area contributed by atoms with Crippen LogP contribution in [-0.4, -0.2) is 31.1 Å². The van der Waals surface area contributed by atoms with Crippen LogP contribution < -0.4 is 9.62 Å². The van der Waals surface area contributed by atoms with Crippen molar-refractivity contribution in [2.45, 2.75) is 24.2 Å². The standard InChI is InChI=1S/C25H22N4O4S/c30-24(26-25-28-27-23(33-25)17-18-7-2-1-3-8-18)20-12-14-21(15-13-20)34(31,32)29-16-6-10-19-9-4-5-11-22(19)29/h1-5,7-9,11-15H,6,10,16-17H2,(H,26,28,30).